The fourth-order valence-corrected chi connectivity index (χ4v) is 8.59. The number of aliphatic hydroxyl groups is 2. The second kappa shape index (κ2) is 8.30. The maximum absolute atomic E-state index is 12.8. The van der Waals surface area contributed by atoms with Gasteiger partial charge in [0.1, 0.15) is 11.9 Å². The number of rotatable bonds is 5. The molecule has 5 nitrogen and oxygen atoms in total. The number of esters is 1. The van der Waals surface area contributed by atoms with E-state index in [1.165, 1.54) is 12.5 Å². The first-order valence-electron chi connectivity index (χ1n) is 12.3. The third-order valence-electron chi connectivity index (χ3n) is 9.79. The Balaban J connectivity index is 1.60. The summed E-state index contributed by atoms with van der Waals surface area (Å²) >= 11 is 0. The lowest BCUT2D eigenvalue weighted by Crippen LogP contribution is -2.51. The Morgan fingerprint density at radius 2 is 1.94 bits per heavy atom. The van der Waals surface area contributed by atoms with Gasteiger partial charge >= 0.3 is 5.97 Å². The molecule has 3 saturated carbocycles. The van der Waals surface area contributed by atoms with E-state index in [-0.39, 0.29) is 47.1 Å². The van der Waals surface area contributed by atoms with Crippen LogP contribution in [0.15, 0.2) is 11.6 Å². The molecule has 0 saturated heterocycles. The molecule has 174 valence electrons. The number of aliphatic hydroxyl groups excluding tert-OH is 2. The minimum Gasteiger partial charge on any atom is -0.462 e. The van der Waals surface area contributed by atoms with Gasteiger partial charge in [-0.15, -0.1) is 0 Å². The van der Waals surface area contributed by atoms with Crippen LogP contribution in [0.25, 0.3) is 0 Å². The van der Waals surface area contributed by atoms with E-state index in [0.717, 1.165) is 44.9 Å². The SMILES string of the molecule is CC(=O)O[C@H]1CC[C@@]2(C)C(=CC[C@H]3[C@@H]4C[C@@H](CC(O)CO)[C@H](C(C)=O)[C@@]4(C)CC[C@@H]32)C1. The molecule has 0 spiro atoms. The molecule has 9 atom stereocenters. The average Bonchev–Trinajstić information content (AvgIpc) is 2.99. The first-order chi connectivity index (χ1) is 14.6. The van der Waals surface area contributed by atoms with Gasteiger partial charge in [-0.1, -0.05) is 25.5 Å². The lowest BCUT2D eigenvalue weighted by molar-refractivity contribution is -0.149. The first-order valence-corrected chi connectivity index (χ1v) is 12.3. The van der Waals surface area contributed by atoms with E-state index in [0.29, 0.717) is 24.2 Å². The molecule has 4 rings (SSSR count). The molecular weight excluding hydrogens is 392 g/mol. The molecule has 0 heterocycles. The van der Waals surface area contributed by atoms with E-state index in [9.17, 15) is 19.8 Å². The van der Waals surface area contributed by atoms with Crippen molar-refractivity contribution in [2.75, 3.05) is 6.61 Å². The van der Waals surface area contributed by atoms with Gasteiger partial charge in [0.15, 0.2) is 0 Å². The van der Waals surface area contributed by atoms with E-state index >= 15 is 0 Å². The van der Waals surface area contributed by atoms with Gasteiger partial charge in [0.05, 0.1) is 12.7 Å². The topological polar surface area (TPSA) is 83.8 Å². The summed E-state index contributed by atoms with van der Waals surface area (Å²) in [5.41, 5.74) is 1.63. The Hall–Kier alpha value is -1.20. The monoisotopic (exact) mass is 432 g/mol. The summed E-state index contributed by atoms with van der Waals surface area (Å²) < 4.78 is 5.55. The first kappa shape index (κ1) is 23.0. The zero-order chi connectivity index (χ0) is 22.6. The molecule has 0 aliphatic heterocycles. The Morgan fingerprint density at radius 3 is 2.58 bits per heavy atom. The molecule has 4 aliphatic rings. The van der Waals surface area contributed by atoms with E-state index in [2.05, 4.69) is 19.9 Å². The van der Waals surface area contributed by atoms with Crippen LogP contribution in [0.1, 0.15) is 79.1 Å². The maximum atomic E-state index is 12.8. The van der Waals surface area contributed by atoms with Crippen LogP contribution in [-0.2, 0) is 14.3 Å². The summed E-state index contributed by atoms with van der Waals surface area (Å²) in [4.78, 5) is 24.2. The van der Waals surface area contributed by atoms with Crippen molar-refractivity contribution in [3.05, 3.63) is 11.6 Å². The highest BCUT2D eigenvalue weighted by Crippen LogP contribution is 2.67. The molecule has 0 aromatic carbocycles. The zero-order valence-corrected chi connectivity index (χ0v) is 19.6. The van der Waals surface area contributed by atoms with Crippen LogP contribution < -0.4 is 0 Å². The van der Waals surface area contributed by atoms with Crippen molar-refractivity contribution in [2.45, 2.75) is 91.3 Å². The Kier molecular flexibility index (Phi) is 6.15. The predicted molar refractivity (Wildman–Crippen MR) is 118 cm³/mol. The van der Waals surface area contributed by atoms with Crippen molar-refractivity contribution in [1.82, 2.24) is 0 Å². The van der Waals surface area contributed by atoms with Crippen LogP contribution in [0.4, 0.5) is 0 Å². The molecule has 5 heteroatoms. The number of carbonyl (C=O) groups is 2. The fraction of sp³-hybridized carbons (Fsp3) is 0.846. The normalized spacial score (nSPS) is 45.0. The number of fused-ring (bicyclic) bond motifs is 5. The van der Waals surface area contributed by atoms with Gasteiger partial charge in [0.2, 0.25) is 0 Å². The Morgan fingerprint density at radius 1 is 1.19 bits per heavy atom. The molecule has 2 N–H and O–H groups in total. The molecule has 4 aliphatic carbocycles. The van der Waals surface area contributed by atoms with Gasteiger partial charge in [0, 0.05) is 19.3 Å². The van der Waals surface area contributed by atoms with E-state index < -0.39 is 6.10 Å². The lowest BCUT2D eigenvalue weighted by atomic mass is 9.47. The number of ketones is 1. The Bertz CT molecular complexity index is 759. The molecule has 0 amide bonds. The standard InChI is InChI=1S/C26H40O5/c1-15(28)24-17(11-19(30)14-27)12-23-21-6-5-18-13-20(31-16(2)29)7-9-25(18,3)22(21)8-10-26(23,24)4/h5,17,19-24,27,30H,6-14H2,1-4H3/t17-,19?,20+,21-,22+,23+,24+,25+,26+/m1/s1. The maximum Gasteiger partial charge on any atom is 0.302 e. The van der Waals surface area contributed by atoms with Crippen molar-refractivity contribution in [3.8, 4) is 0 Å². The van der Waals surface area contributed by atoms with E-state index in [1.807, 2.05) is 0 Å². The van der Waals surface area contributed by atoms with Crippen LogP contribution in [0.3, 0.4) is 0 Å². The van der Waals surface area contributed by atoms with Crippen LogP contribution in [0, 0.1) is 40.4 Å². The molecule has 0 radical (unpaired) electrons. The predicted octanol–water partition coefficient (Wildman–Crippen LogP) is 4.06. The highest BCUT2D eigenvalue weighted by Gasteiger charge is 2.62. The summed E-state index contributed by atoms with van der Waals surface area (Å²) in [5.74, 6) is 1.86. The van der Waals surface area contributed by atoms with Crippen molar-refractivity contribution < 1.29 is 24.5 Å². The second-order valence-corrected chi connectivity index (χ2v) is 11.4. The Labute approximate surface area is 186 Å². The molecular formula is C26H40O5. The minimum absolute atomic E-state index is 0.0104. The number of allylic oxidation sites excluding steroid dienone is 1. The van der Waals surface area contributed by atoms with Crippen LogP contribution in [0.2, 0.25) is 0 Å². The van der Waals surface area contributed by atoms with Gasteiger partial charge in [-0.05, 0) is 86.4 Å². The number of carbonyl (C=O) groups excluding carboxylic acids is 2. The summed E-state index contributed by atoms with van der Waals surface area (Å²) in [6, 6.07) is 0. The van der Waals surface area contributed by atoms with Crippen LogP contribution >= 0.6 is 0 Å². The molecule has 0 bridgehead atoms. The van der Waals surface area contributed by atoms with E-state index in [1.54, 1.807) is 6.92 Å². The molecule has 0 aromatic rings. The summed E-state index contributed by atoms with van der Waals surface area (Å²) in [5, 5.41) is 19.5. The van der Waals surface area contributed by atoms with Gasteiger partial charge in [-0.3, -0.25) is 9.59 Å². The number of hydrogen-bond donors (Lipinski definition) is 2. The number of Topliss-reactive ketones (excluding diaryl/α,β-unsaturated/α-hetero) is 1. The summed E-state index contributed by atoms with van der Waals surface area (Å²) in [6.07, 6.45) is 9.31. The highest BCUT2D eigenvalue weighted by atomic mass is 16.5. The van der Waals surface area contributed by atoms with Crippen molar-refractivity contribution in [2.24, 2.45) is 40.4 Å². The van der Waals surface area contributed by atoms with Crippen LogP contribution in [-0.4, -0.2) is 40.8 Å². The van der Waals surface area contributed by atoms with Gasteiger partial charge in [-0.2, -0.15) is 0 Å². The summed E-state index contributed by atoms with van der Waals surface area (Å²) in [7, 11) is 0. The molecule has 1 unspecified atom stereocenters. The minimum atomic E-state index is -0.738. The average molecular weight is 433 g/mol. The second-order valence-electron chi connectivity index (χ2n) is 11.4. The largest absolute Gasteiger partial charge is 0.462 e. The lowest BCUT2D eigenvalue weighted by Gasteiger charge is -2.58. The van der Waals surface area contributed by atoms with Crippen molar-refractivity contribution in [3.63, 3.8) is 0 Å². The number of ether oxygens (including phenoxy) is 1. The quantitative estimate of drug-likeness (QED) is 0.506. The van der Waals surface area contributed by atoms with Gasteiger partial charge in [0.25, 0.3) is 0 Å². The van der Waals surface area contributed by atoms with Crippen molar-refractivity contribution >= 4 is 11.8 Å². The van der Waals surface area contributed by atoms with Gasteiger partial charge < -0.3 is 14.9 Å². The number of hydrogen-bond acceptors (Lipinski definition) is 5. The zero-order valence-electron chi connectivity index (χ0n) is 19.6. The molecule has 0 aromatic heterocycles. The van der Waals surface area contributed by atoms with Gasteiger partial charge in [-0.25, -0.2) is 0 Å². The van der Waals surface area contributed by atoms with E-state index in [4.69, 9.17) is 4.74 Å². The fourth-order valence-electron chi connectivity index (χ4n) is 8.59. The van der Waals surface area contributed by atoms with Crippen LogP contribution in [0.5, 0.6) is 0 Å². The molecule has 31 heavy (non-hydrogen) atoms. The molecule has 3 fully saturated rings. The highest BCUT2D eigenvalue weighted by molar-refractivity contribution is 5.80. The summed E-state index contributed by atoms with van der Waals surface area (Å²) in [6.45, 7) is 7.73. The third kappa shape index (κ3) is 3.80. The third-order valence-corrected chi connectivity index (χ3v) is 9.79. The van der Waals surface area contributed by atoms with Crippen molar-refractivity contribution in [1.29, 1.82) is 0 Å². The smallest absolute Gasteiger partial charge is 0.302 e.